The Kier molecular flexibility index (Phi) is 4.91. The van der Waals surface area contributed by atoms with E-state index in [0.717, 1.165) is 48.0 Å². The minimum Gasteiger partial charge on any atom is -0.384 e. The molecule has 1 aromatic heterocycles. The quantitative estimate of drug-likeness (QED) is 0.878. The third-order valence-electron chi connectivity index (χ3n) is 3.11. The van der Waals surface area contributed by atoms with E-state index in [1.54, 1.807) is 0 Å². The van der Waals surface area contributed by atoms with Gasteiger partial charge in [0.1, 0.15) is 11.6 Å². The lowest BCUT2D eigenvalue weighted by molar-refractivity contribution is 0.692. The van der Waals surface area contributed by atoms with Crippen molar-refractivity contribution in [3.8, 4) is 11.4 Å². The number of nitrogens with zero attached hydrogens (tertiary/aromatic N) is 2. The maximum Gasteiger partial charge on any atom is 0.141 e. The van der Waals surface area contributed by atoms with Crippen LogP contribution in [0.4, 0.5) is 5.82 Å². The van der Waals surface area contributed by atoms with E-state index in [2.05, 4.69) is 29.9 Å². The topological polar surface area (TPSA) is 43.8 Å². The van der Waals surface area contributed by atoms with Gasteiger partial charge in [0.05, 0.1) is 5.69 Å². The van der Waals surface area contributed by atoms with Crippen molar-refractivity contribution < 1.29 is 0 Å². The summed E-state index contributed by atoms with van der Waals surface area (Å²) in [5, 5.41) is 0. The van der Waals surface area contributed by atoms with Crippen LogP contribution in [0.15, 0.2) is 30.3 Å². The molecule has 1 aromatic carbocycles. The van der Waals surface area contributed by atoms with Crippen LogP contribution < -0.4 is 5.73 Å². The van der Waals surface area contributed by atoms with E-state index in [1.165, 1.54) is 0 Å². The van der Waals surface area contributed by atoms with Crippen LogP contribution in [-0.4, -0.2) is 21.6 Å². The Labute approximate surface area is 119 Å². The van der Waals surface area contributed by atoms with Crippen molar-refractivity contribution in [2.24, 2.45) is 0 Å². The van der Waals surface area contributed by atoms with Crippen molar-refractivity contribution >= 4 is 17.6 Å². The smallest absolute Gasteiger partial charge is 0.141 e. The van der Waals surface area contributed by atoms with Crippen LogP contribution in [0.2, 0.25) is 0 Å². The van der Waals surface area contributed by atoms with Gasteiger partial charge in [-0.25, -0.2) is 4.98 Å². The van der Waals surface area contributed by atoms with Crippen molar-refractivity contribution in [2.75, 3.05) is 17.7 Å². The van der Waals surface area contributed by atoms with Gasteiger partial charge in [-0.05, 0) is 18.4 Å². The summed E-state index contributed by atoms with van der Waals surface area (Å²) in [6.45, 7) is 3.08. The molecule has 0 spiro atoms. The SMILES string of the molecule is CCCn1c(-c2ccccc2)nc(CCSC)c1N. The molecule has 0 bridgehead atoms. The van der Waals surface area contributed by atoms with Crippen molar-refractivity contribution in [3.05, 3.63) is 36.0 Å². The first-order valence-corrected chi connectivity index (χ1v) is 8.06. The minimum atomic E-state index is 0.828. The highest BCUT2D eigenvalue weighted by atomic mass is 32.2. The summed E-state index contributed by atoms with van der Waals surface area (Å²) in [7, 11) is 0. The van der Waals surface area contributed by atoms with Gasteiger partial charge in [-0.15, -0.1) is 0 Å². The molecule has 0 saturated carbocycles. The number of hydrogen-bond donors (Lipinski definition) is 1. The second-order valence-corrected chi connectivity index (χ2v) is 5.51. The molecule has 0 aliphatic heterocycles. The number of rotatable bonds is 6. The van der Waals surface area contributed by atoms with Crippen LogP contribution >= 0.6 is 11.8 Å². The number of aryl methyl sites for hydroxylation is 1. The van der Waals surface area contributed by atoms with Gasteiger partial charge in [0, 0.05) is 18.5 Å². The molecule has 0 fully saturated rings. The van der Waals surface area contributed by atoms with Gasteiger partial charge in [0.2, 0.25) is 0 Å². The molecule has 0 radical (unpaired) electrons. The van der Waals surface area contributed by atoms with E-state index < -0.39 is 0 Å². The summed E-state index contributed by atoms with van der Waals surface area (Å²) < 4.78 is 2.14. The second-order valence-electron chi connectivity index (χ2n) is 4.53. The highest BCUT2D eigenvalue weighted by Crippen LogP contribution is 2.25. The Morgan fingerprint density at radius 3 is 2.63 bits per heavy atom. The molecule has 0 atom stereocenters. The number of hydrogen-bond acceptors (Lipinski definition) is 3. The maximum absolute atomic E-state index is 6.26. The van der Waals surface area contributed by atoms with Gasteiger partial charge in [-0.1, -0.05) is 37.3 Å². The third-order valence-corrected chi connectivity index (χ3v) is 3.72. The number of aromatic nitrogens is 2. The first-order chi connectivity index (χ1) is 9.27. The van der Waals surface area contributed by atoms with Gasteiger partial charge in [0.15, 0.2) is 0 Å². The molecule has 0 saturated heterocycles. The van der Waals surface area contributed by atoms with Gasteiger partial charge >= 0.3 is 0 Å². The molecule has 0 aliphatic rings. The number of thioether (sulfide) groups is 1. The Bertz CT molecular complexity index is 520. The number of nitrogens with two attached hydrogens (primary N) is 1. The molecule has 2 rings (SSSR count). The summed E-state index contributed by atoms with van der Waals surface area (Å²) in [5.74, 6) is 2.88. The van der Waals surface area contributed by atoms with Gasteiger partial charge in [-0.2, -0.15) is 11.8 Å². The Morgan fingerprint density at radius 2 is 2.00 bits per heavy atom. The van der Waals surface area contributed by atoms with E-state index in [-0.39, 0.29) is 0 Å². The fourth-order valence-electron chi connectivity index (χ4n) is 2.16. The summed E-state index contributed by atoms with van der Waals surface area (Å²) in [4.78, 5) is 4.76. The average molecular weight is 275 g/mol. The first-order valence-electron chi connectivity index (χ1n) is 6.67. The number of imidazole rings is 1. The van der Waals surface area contributed by atoms with Crippen LogP contribution in [0.5, 0.6) is 0 Å². The first kappa shape index (κ1) is 14.0. The highest BCUT2D eigenvalue weighted by Gasteiger charge is 2.14. The summed E-state index contributed by atoms with van der Waals surface area (Å²) in [6, 6.07) is 10.3. The Hall–Kier alpha value is -1.42. The Balaban J connectivity index is 2.41. The zero-order valence-corrected chi connectivity index (χ0v) is 12.4. The molecule has 0 amide bonds. The molecule has 4 heteroatoms. The lowest BCUT2D eigenvalue weighted by atomic mass is 10.2. The van der Waals surface area contributed by atoms with Gasteiger partial charge < -0.3 is 10.3 Å². The van der Waals surface area contributed by atoms with Crippen molar-refractivity contribution in [1.29, 1.82) is 0 Å². The van der Waals surface area contributed by atoms with Crippen molar-refractivity contribution in [3.63, 3.8) is 0 Å². The molecule has 2 aromatic rings. The van der Waals surface area contributed by atoms with E-state index >= 15 is 0 Å². The second kappa shape index (κ2) is 6.66. The van der Waals surface area contributed by atoms with Crippen LogP contribution in [0.25, 0.3) is 11.4 Å². The van der Waals surface area contributed by atoms with E-state index in [9.17, 15) is 0 Å². The molecule has 0 aliphatic carbocycles. The van der Waals surface area contributed by atoms with Crippen molar-refractivity contribution in [1.82, 2.24) is 9.55 Å². The number of anilines is 1. The van der Waals surface area contributed by atoms with Gasteiger partial charge in [0.25, 0.3) is 0 Å². The van der Waals surface area contributed by atoms with E-state index in [4.69, 9.17) is 10.7 Å². The molecule has 0 unspecified atom stereocenters. The maximum atomic E-state index is 6.26. The molecular formula is C15H21N3S. The normalized spacial score (nSPS) is 10.8. The van der Waals surface area contributed by atoms with Crippen LogP contribution in [0.1, 0.15) is 19.0 Å². The van der Waals surface area contributed by atoms with Crippen LogP contribution in [-0.2, 0) is 13.0 Å². The summed E-state index contributed by atoms with van der Waals surface area (Å²) in [6.07, 6.45) is 4.10. The molecule has 102 valence electrons. The average Bonchev–Trinajstić information content (AvgIpc) is 2.75. The summed E-state index contributed by atoms with van der Waals surface area (Å²) >= 11 is 1.82. The molecule has 3 nitrogen and oxygen atoms in total. The molecular weight excluding hydrogens is 254 g/mol. The lowest BCUT2D eigenvalue weighted by Gasteiger charge is -2.08. The van der Waals surface area contributed by atoms with E-state index in [1.807, 2.05) is 30.0 Å². The standard InChI is InChI=1S/C15H21N3S/c1-3-10-18-14(16)13(9-11-19-2)17-15(18)12-7-5-4-6-8-12/h4-8H,3,9-11,16H2,1-2H3. The minimum absolute atomic E-state index is 0.828. The van der Waals surface area contributed by atoms with Gasteiger partial charge in [-0.3, -0.25) is 0 Å². The molecule has 19 heavy (non-hydrogen) atoms. The predicted molar refractivity (Wildman–Crippen MR) is 84.5 cm³/mol. The third kappa shape index (κ3) is 3.13. The fraction of sp³-hybridized carbons (Fsp3) is 0.400. The monoisotopic (exact) mass is 275 g/mol. The number of benzene rings is 1. The zero-order valence-electron chi connectivity index (χ0n) is 11.6. The number of nitrogen functional groups attached to an aromatic ring is 1. The highest BCUT2D eigenvalue weighted by molar-refractivity contribution is 7.98. The van der Waals surface area contributed by atoms with Crippen LogP contribution in [0, 0.1) is 0 Å². The lowest BCUT2D eigenvalue weighted by Crippen LogP contribution is -2.05. The Morgan fingerprint density at radius 1 is 1.26 bits per heavy atom. The zero-order chi connectivity index (χ0) is 13.7. The fourth-order valence-corrected chi connectivity index (χ4v) is 2.55. The summed E-state index contributed by atoms with van der Waals surface area (Å²) in [5.41, 5.74) is 8.43. The molecule has 2 N–H and O–H groups in total. The van der Waals surface area contributed by atoms with E-state index in [0.29, 0.717) is 0 Å². The largest absolute Gasteiger partial charge is 0.384 e. The molecule has 1 heterocycles. The van der Waals surface area contributed by atoms with Crippen LogP contribution in [0.3, 0.4) is 0 Å². The van der Waals surface area contributed by atoms with Crippen molar-refractivity contribution in [2.45, 2.75) is 26.3 Å². The predicted octanol–water partition coefficient (Wildman–Crippen LogP) is 3.45.